The molecule has 1 unspecified atom stereocenters. The van der Waals surface area contributed by atoms with Crippen molar-refractivity contribution in [2.24, 2.45) is 7.05 Å². The van der Waals surface area contributed by atoms with E-state index in [1.165, 1.54) is 22.2 Å². The van der Waals surface area contributed by atoms with Gasteiger partial charge in [-0.15, -0.1) is 16.4 Å². The van der Waals surface area contributed by atoms with Crippen LogP contribution in [0.15, 0.2) is 11.6 Å². The number of amides is 1. The topological polar surface area (TPSA) is 92.9 Å². The summed E-state index contributed by atoms with van der Waals surface area (Å²) >= 11 is 1.25. The van der Waals surface area contributed by atoms with Gasteiger partial charge in [-0.1, -0.05) is 5.21 Å². The van der Waals surface area contributed by atoms with Crippen LogP contribution in [0.1, 0.15) is 29.2 Å². The van der Waals surface area contributed by atoms with E-state index in [0.29, 0.717) is 10.8 Å². The van der Waals surface area contributed by atoms with E-state index < -0.39 is 6.10 Å². The second-order valence-corrected chi connectivity index (χ2v) is 4.34. The van der Waals surface area contributed by atoms with Gasteiger partial charge in [-0.3, -0.25) is 14.8 Å². The number of carbonyl (C=O) groups is 1. The molecule has 8 heteroatoms. The summed E-state index contributed by atoms with van der Waals surface area (Å²) < 4.78 is 1.44. The normalized spacial score (nSPS) is 12.4. The lowest BCUT2D eigenvalue weighted by molar-refractivity contribution is 0.102. The van der Waals surface area contributed by atoms with Crippen LogP contribution in [0.5, 0.6) is 0 Å². The summed E-state index contributed by atoms with van der Waals surface area (Å²) in [6.45, 7) is 1.61. The maximum Gasteiger partial charge on any atom is 0.279 e. The maximum atomic E-state index is 11.7. The molecule has 0 fully saturated rings. The molecule has 0 saturated carbocycles. The van der Waals surface area contributed by atoms with Crippen LogP contribution in [0.25, 0.3) is 0 Å². The van der Waals surface area contributed by atoms with Gasteiger partial charge in [0.2, 0.25) is 0 Å². The van der Waals surface area contributed by atoms with Crippen molar-refractivity contribution in [3.63, 3.8) is 0 Å². The zero-order valence-electron chi connectivity index (χ0n) is 9.28. The van der Waals surface area contributed by atoms with Gasteiger partial charge in [0, 0.05) is 12.4 Å². The molecule has 0 saturated heterocycles. The monoisotopic (exact) mass is 253 g/mol. The molecule has 1 atom stereocenters. The zero-order valence-corrected chi connectivity index (χ0v) is 10.1. The van der Waals surface area contributed by atoms with Crippen LogP contribution in [0.3, 0.4) is 0 Å². The van der Waals surface area contributed by atoms with Crippen molar-refractivity contribution >= 4 is 22.4 Å². The predicted octanol–water partition coefficient (Wildman–Crippen LogP) is 0.577. The van der Waals surface area contributed by atoms with Crippen molar-refractivity contribution < 1.29 is 9.90 Å². The highest BCUT2D eigenvalue weighted by atomic mass is 32.1. The summed E-state index contributed by atoms with van der Waals surface area (Å²) in [6.07, 6.45) is 0.867. The van der Waals surface area contributed by atoms with Crippen molar-refractivity contribution in [3.8, 4) is 0 Å². The number of aryl methyl sites for hydroxylation is 1. The number of nitrogens with zero attached hydrogens (tertiary/aromatic N) is 4. The number of aromatic nitrogens is 4. The molecule has 0 radical (unpaired) electrons. The van der Waals surface area contributed by atoms with Crippen LogP contribution in [-0.4, -0.2) is 31.0 Å². The molecule has 0 aromatic carbocycles. The third kappa shape index (κ3) is 2.66. The summed E-state index contributed by atoms with van der Waals surface area (Å²) in [7, 11) is 1.68. The van der Waals surface area contributed by atoms with Gasteiger partial charge < -0.3 is 5.11 Å². The van der Waals surface area contributed by atoms with Crippen molar-refractivity contribution in [2.75, 3.05) is 5.32 Å². The summed E-state index contributed by atoms with van der Waals surface area (Å²) in [5.41, 5.74) is 0.755. The molecule has 2 aromatic heterocycles. The van der Waals surface area contributed by atoms with Gasteiger partial charge in [0.15, 0.2) is 10.8 Å². The average Bonchev–Trinajstić information content (AvgIpc) is 2.86. The van der Waals surface area contributed by atoms with Crippen molar-refractivity contribution in [1.82, 2.24) is 20.0 Å². The first-order chi connectivity index (χ1) is 8.06. The Kier molecular flexibility index (Phi) is 3.16. The number of hydrogen-bond donors (Lipinski definition) is 2. The van der Waals surface area contributed by atoms with Crippen molar-refractivity contribution in [2.45, 2.75) is 13.0 Å². The molecular weight excluding hydrogens is 242 g/mol. The summed E-state index contributed by atoms with van der Waals surface area (Å²) in [4.78, 5) is 15.7. The Hall–Kier alpha value is -1.80. The van der Waals surface area contributed by atoms with Gasteiger partial charge in [-0.2, -0.15) is 0 Å². The minimum Gasteiger partial charge on any atom is -0.387 e. The first kappa shape index (κ1) is 11.7. The highest BCUT2D eigenvalue weighted by Crippen LogP contribution is 2.20. The number of hydrogen-bond acceptors (Lipinski definition) is 6. The fraction of sp³-hybridized carbons (Fsp3) is 0.333. The van der Waals surface area contributed by atoms with Crippen LogP contribution in [0, 0.1) is 0 Å². The van der Waals surface area contributed by atoms with Crippen LogP contribution >= 0.6 is 11.3 Å². The Balaban J connectivity index is 2.07. The van der Waals surface area contributed by atoms with E-state index in [0.717, 1.165) is 0 Å². The summed E-state index contributed by atoms with van der Waals surface area (Å²) in [5.74, 6) is -0.371. The zero-order chi connectivity index (χ0) is 12.4. The molecule has 2 rings (SSSR count). The number of carbonyl (C=O) groups excluding carboxylic acids is 1. The second-order valence-electron chi connectivity index (χ2n) is 3.49. The third-order valence-corrected chi connectivity index (χ3v) is 2.78. The number of nitrogens with one attached hydrogen (secondary N) is 1. The largest absolute Gasteiger partial charge is 0.387 e. The van der Waals surface area contributed by atoms with Gasteiger partial charge in [0.1, 0.15) is 0 Å². The molecular formula is C9H11N5O2S. The first-order valence-electron chi connectivity index (χ1n) is 4.87. The predicted molar refractivity (Wildman–Crippen MR) is 61.7 cm³/mol. The van der Waals surface area contributed by atoms with Gasteiger partial charge in [0.25, 0.3) is 5.91 Å². The molecule has 0 aliphatic heterocycles. The Morgan fingerprint density at radius 1 is 1.65 bits per heavy atom. The number of thiazole rings is 1. The van der Waals surface area contributed by atoms with Gasteiger partial charge in [-0.05, 0) is 6.92 Å². The lowest BCUT2D eigenvalue weighted by atomic mass is 10.3. The molecule has 2 heterocycles. The van der Waals surface area contributed by atoms with Crippen molar-refractivity contribution in [1.29, 1.82) is 0 Å². The summed E-state index contributed by atoms with van der Waals surface area (Å²) in [6, 6.07) is 0. The standard InChI is InChI=1S/C9H11N5O2S/c1-5(15)7-4-17-9(10-7)11-8(16)6-3-14(2)13-12-6/h3-5,15H,1-2H3,(H,10,11,16). The molecule has 7 nitrogen and oxygen atoms in total. The lowest BCUT2D eigenvalue weighted by Crippen LogP contribution is -2.12. The van der Waals surface area contributed by atoms with E-state index >= 15 is 0 Å². The molecule has 17 heavy (non-hydrogen) atoms. The third-order valence-electron chi connectivity index (χ3n) is 2.01. The Morgan fingerprint density at radius 3 is 2.94 bits per heavy atom. The molecule has 0 aliphatic carbocycles. The summed E-state index contributed by atoms with van der Waals surface area (Å²) in [5, 5.41) is 21.3. The highest BCUT2D eigenvalue weighted by molar-refractivity contribution is 7.14. The number of rotatable bonds is 3. The minimum atomic E-state index is -0.645. The lowest BCUT2D eigenvalue weighted by Gasteiger charge is -1.98. The first-order valence-corrected chi connectivity index (χ1v) is 5.75. The Morgan fingerprint density at radius 2 is 2.41 bits per heavy atom. The van der Waals surface area contributed by atoms with Crippen LogP contribution in [0.2, 0.25) is 0 Å². The Bertz CT molecular complexity index is 533. The molecule has 0 spiro atoms. The van der Waals surface area contributed by atoms with E-state index in [9.17, 15) is 9.90 Å². The van der Waals surface area contributed by atoms with E-state index in [1.54, 1.807) is 19.4 Å². The fourth-order valence-electron chi connectivity index (χ4n) is 1.15. The average molecular weight is 253 g/mol. The smallest absolute Gasteiger partial charge is 0.279 e. The number of aliphatic hydroxyl groups excluding tert-OH is 1. The molecule has 2 N–H and O–H groups in total. The molecule has 1 amide bonds. The minimum absolute atomic E-state index is 0.223. The number of anilines is 1. The van der Waals surface area contributed by atoms with Gasteiger partial charge in [-0.25, -0.2) is 4.98 Å². The SMILES string of the molecule is CC(O)c1csc(NC(=O)c2cn(C)nn2)n1. The van der Waals surface area contributed by atoms with Gasteiger partial charge >= 0.3 is 0 Å². The highest BCUT2D eigenvalue weighted by Gasteiger charge is 2.13. The quantitative estimate of drug-likeness (QED) is 0.834. The molecule has 90 valence electrons. The Labute approximate surface area is 101 Å². The van der Waals surface area contributed by atoms with E-state index in [4.69, 9.17) is 0 Å². The van der Waals surface area contributed by atoms with Crippen LogP contribution < -0.4 is 5.32 Å². The molecule has 0 aliphatic rings. The second kappa shape index (κ2) is 4.60. The molecule has 0 bridgehead atoms. The van der Waals surface area contributed by atoms with E-state index in [1.807, 2.05) is 0 Å². The van der Waals surface area contributed by atoms with Crippen molar-refractivity contribution in [3.05, 3.63) is 23.0 Å². The number of aliphatic hydroxyl groups is 1. The van der Waals surface area contributed by atoms with Crippen LogP contribution in [-0.2, 0) is 7.05 Å². The van der Waals surface area contributed by atoms with Crippen LogP contribution in [0.4, 0.5) is 5.13 Å². The fourth-order valence-corrected chi connectivity index (χ4v) is 1.94. The molecule has 2 aromatic rings. The maximum absolute atomic E-state index is 11.7. The van der Waals surface area contributed by atoms with Gasteiger partial charge in [0.05, 0.1) is 18.0 Å². The van der Waals surface area contributed by atoms with E-state index in [2.05, 4.69) is 20.6 Å². The van der Waals surface area contributed by atoms with E-state index in [-0.39, 0.29) is 11.6 Å².